The SMILES string of the molecule is COc1ccc(NC(=O)N(C)C[C@@H]2Oc3ncc(-c4cccnc4)cc3C(=O)N([C@H](C)CO)C[C@H]2C)cc1. The number of nitrogens with zero attached hydrogens (tertiary/aromatic N) is 4. The number of carbonyl (C=O) groups is 2. The third-order valence-corrected chi connectivity index (χ3v) is 6.66. The molecular weight excluding hydrogens is 486 g/mol. The molecule has 3 atom stereocenters. The normalized spacial score (nSPS) is 17.9. The average molecular weight is 520 g/mol. The van der Waals surface area contributed by atoms with Crippen molar-refractivity contribution in [3.63, 3.8) is 0 Å². The highest BCUT2D eigenvalue weighted by Crippen LogP contribution is 2.30. The van der Waals surface area contributed by atoms with Crippen LogP contribution in [0.2, 0.25) is 0 Å². The molecule has 38 heavy (non-hydrogen) atoms. The number of aliphatic hydroxyl groups is 1. The summed E-state index contributed by atoms with van der Waals surface area (Å²) in [6.07, 6.45) is 4.56. The van der Waals surface area contributed by atoms with E-state index >= 15 is 0 Å². The number of anilines is 1. The number of methoxy groups -OCH3 is 1. The van der Waals surface area contributed by atoms with Crippen LogP contribution >= 0.6 is 0 Å². The first-order valence-electron chi connectivity index (χ1n) is 12.5. The number of hydrogen-bond acceptors (Lipinski definition) is 7. The van der Waals surface area contributed by atoms with Crippen molar-refractivity contribution in [1.82, 2.24) is 19.8 Å². The molecular formula is C28H33N5O5. The summed E-state index contributed by atoms with van der Waals surface area (Å²) in [5.41, 5.74) is 2.48. The molecule has 2 N–H and O–H groups in total. The summed E-state index contributed by atoms with van der Waals surface area (Å²) in [5.74, 6) is 0.466. The lowest BCUT2D eigenvalue weighted by atomic mass is 9.99. The quantitative estimate of drug-likeness (QED) is 0.490. The summed E-state index contributed by atoms with van der Waals surface area (Å²) in [7, 11) is 3.27. The molecule has 1 aliphatic rings. The van der Waals surface area contributed by atoms with Crippen molar-refractivity contribution >= 4 is 17.6 Å². The van der Waals surface area contributed by atoms with Crippen LogP contribution < -0.4 is 14.8 Å². The van der Waals surface area contributed by atoms with Crippen LogP contribution in [0, 0.1) is 5.92 Å². The Morgan fingerprint density at radius 3 is 2.68 bits per heavy atom. The van der Waals surface area contributed by atoms with Crippen LogP contribution in [0.5, 0.6) is 11.6 Å². The van der Waals surface area contributed by atoms with Crippen LogP contribution in [0.1, 0.15) is 24.2 Å². The maximum Gasteiger partial charge on any atom is 0.321 e. The van der Waals surface area contributed by atoms with Gasteiger partial charge in [0.05, 0.1) is 26.3 Å². The Kier molecular flexibility index (Phi) is 8.42. The highest BCUT2D eigenvalue weighted by Gasteiger charge is 2.34. The standard InChI is InChI=1S/C28H33N5O5/c1-18-15-33(19(2)17-34)27(35)24-12-21(20-6-5-11-29-13-20)14-30-26(24)38-25(18)16-32(3)28(36)31-22-7-9-23(37-4)10-8-22/h5-14,18-19,25,34H,15-17H2,1-4H3,(H,31,36)/t18-,19-,25+/m1/s1. The Labute approximate surface area is 222 Å². The van der Waals surface area contributed by atoms with E-state index in [1.165, 1.54) is 4.90 Å². The zero-order chi connectivity index (χ0) is 27.2. The van der Waals surface area contributed by atoms with Crippen molar-refractivity contribution in [2.45, 2.75) is 26.0 Å². The number of pyridine rings is 2. The van der Waals surface area contributed by atoms with Gasteiger partial charge in [-0.05, 0) is 43.3 Å². The zero-order valence-electron chi connectivity index (χ0n) is 22.0. The lowest BCUT2D eigenvalue weighted by Crippen LogP contribution is -2.50. The number of ether oxygens (including phenoxy) is 2. The molecule has 200 valence electrons. The van der Waals surface area contributed by atoms with Crippen molar-refractivity contribution in [1.29, 1.82) is 0 Å². The molecule has 3 aromatic rings. The molecule has 2 aromatic heterocycles. The second kappa shape index (κ2) is 11.9. The number of urea groups is 1. The molecule has 10 heteroatoms. The lowest BCUT2D eigenvalue weighted by Gasteiger charge is -2.37. The molecule has 10 nitrogen and oxygen atoms in total. The van der Waals surface area contributed by atoms with E-state index < -0.39 is 12.1 Å². The Morgan fingerprint density at radius 1 is 1.26 bits per heavy atom. The summed E-state index contributed by atoms with van der Waals surface area (Å²) >= 11 is 0. The highest BCUT2D eigenvalue weighted by molar-refractivity contribution is 5.98. The molecule has 3 heterocycles. The summed E-state index contributed by atoms with van der Waals surface area (Å²) in [5, 5.41) is 12.7. The van der Waals surface area contributed by atoms with Crippen molar-refractivity contribution in [3.8, 4) is 22.8 Å². The van der Waals surface area contributed by atoms with Crippen LogP contribution in [0.3, 0.4) is 0 Å². The van der Waals surface area contributed by atoms with Gasteiger partial charge in [-0.25, -0.2) is 9.78 Å². The van der Waals surface area contributed by atoms with Crippen LogP contribution in [-0.2, 0) is 0 Å². The molecule has 0 aliphatic carbocycles. The number of likely N-dealkylation sites (N-methyl/N-ethyl adjacent to an activating group) is 1. The summed E-state index contributed by atoms with van der Waals surface area (Å²) in [6.45, 7) is 4.17. The number of aliphatic hydroxyl groups excluding tert-OH is 1. The first-order chi connectivity index (χ1) is 18.3. The van der Waals surface area contributed by atoms with Crippen LogP contribution in [0.15, 0.2) is 61.1 Å². The topological polar surface area (TPSA) is 117 Å². The van der Waals surface area contributed by atoms with Gasteiger partial charge in [0.25, 0.3) is 5.91 Å². The summed E-state index contributed by atoms with van der Waals surface area (Å²) in [6, 6.07) is 11.8. The molecule has 0 saturated carbocycles. The fourth-order valence-electron chi connectivity index (χ4n) is 4.26. The van der Waals surface area contributed by atoms with E-state index in [-0.39, 0.29) is 36.9 Å². The fraction of sp³-hybridized carbons (Fsp3) is 0.357. The van der Waals surface area contributed by atoms with E-state index in [0.717, 1.165) is 11.1 Å². The van der Waals surface area contributed by atoms with Gasteiger partial charge in [-0.1, -0.05) is 13.0 Å². The molecule has 1 aliphatic heterocycles. The largest absolute Gasteiger partial charge is 0.497 e. The highest BCUT2D eigenvalue weighted by atomic mass is 16.5. The van der Waals surface area contributed by atoms with Crippen molar-refractivity contribution in [2.24, 2.45) is 5.92 Å². The maximum absolute atomic E-state index is 13.6. The van der Waals surface area contributed by atoms with Crippen LogP contribution in [0.4, 0.5) is 10.5 Å². The monoisotopic (exact) mass is 519 g/mol. The summed E-state index contributed by atoms with van der Waals surface area (Å²) in [4.78, 5) is 38.4. The van der Waals surface area contributed by atoms with Crippen LogP contribution in [-0.4, -0.2) is 82.8 Å². The minimum absolute atomic E-state index is 0.155. The second-order valence-electron chi connectivity index (χ2n) is 9.48. The van der Waals surface area contributed by atoms with Gasteiger partial charge in [0.2, 0.25) is 5.88 Å². The molecule has 1 aromatic carbocycles. The van der Waals surface area contributed by atoms with E-state index in [9.17, 15) is 14.7 Å². The number of amides is 3. The number of fused-ring (bicyclic) bond motifs is 1. The number of benzene rings is 1. The van der Waals surface area contributed by atoms with Crippen molar-refractivity contribution in [2.75, 3.05) is 39.2 Å². The van der Waals surface area contributed by atoms with Gasteiger partial charge in [-0.2, -0.15) is 0 Å². The van der Waals surface area contributed by atoms with E-state index in [1.807, 2.05) is 19.1 Å². The second-order valence-corrected chi connectivity index (χ2v) is 9.48. The van der Waals surface area contributed by atoms with Gasteiger partial charge < -0.3 is 29.7 Å². The first kappa shape index (κ1) is 26.9. The molecule has 4 rings (SSSR count). The van der Waals surface area contributed by atoms with E-state index in [1.54, 1.807) is 74.9 Å². The van der Waals surface area contributed by atoms with Gasteiger partial charge in [0, 0.05) is 54.9 Å². The molecule has 0 unspecified atom stereocenters. The van der Waals surface area contributed by atoms with Crippen molar-refractivity contribution in [3.05, 3.63) is 66.6 Å². The predicted molar refractivity (Wildman–Crippen MR) is 143 cm³/mol. The smallest absolute Gasteiger partial charge is 0.321 e. The van der Waals surface area contributed by atoms with E-state index in [0.29, 0.717) is 23.5 Å². The van der Waals surface area contributed by atoms with Gasteiger partial charge in [-0.3, -0.25) is 9.78 Å². The number of carbonyl (C=O) groups excluding carboxylic acids is 2. The maximum atomic E-state index is 13.6. The molecule has 0 fully saturated rings. The molecule has 0 bridgehead atoms. The van der Waals surface area contributed by atoms with Gasteiger partial charge in [0.1, 0.15) is 17.4 Å². The van der Waals surface area contributed by atoms with Crippen molar-refractivity contribution < 1.29 is 24.2 Å². The van der Waals surface area contributed by atoms with Crippen LogP contribution in [0.25, 0.3) is 11.1 Å². The zero-order valence-corrected chi connectivity index (χ0v) is 22.0. The molecule has 0 saturated heterocycles. The third kappa shape index (κ3) is 6.03. The first-order valence-corrected chi connectivity index (χ1v) is 12.5. The Balaban J connectivity index is 1.59. The van der Waals surface area contributed by atoms with Gasteiger partial charge in [0.15, 0.2) is 0 Å². The Hall–Kier alpha value is -4.18. The summed E-state index contributed by atoms with van der Waals surface area (Å²) < 4.78 is 11.5. The number of hydrogen-bond donors (Lipinski definition) is 2. The predicted octanol–water partition coefficient (Wildman–Crippen LogP) is 3.54. The minimum atomic E-state index is -0.460. The molecule has 3 amide bonds. The molecule has 0 spiro atoms. The number of rotatable bonds is 7. The van der Waals surface area contributed by atoms with E-state index in [2.05, 4.69) is 15.3 Å². The number of aromatic nitrogens is 2. The Morgan fingerprint density at radius 2 is 2.03 bits per heavy atom. The average Bonchev–Trinajstić information content (AvgIpc) is 2.95. The third-order valence-electron chi connectivity index (χ3n) is 6.66. The lowest BCUT2D eigenvalue weighted by molar-refractivity contribution is 0.0356. The van der Waals surface area contributed by atoms with E-state index in [4.69, 9.17) is 9.47 Å². The fourth-order valence-corrected chi connectivity index (χ4v) is 4.26. The van der Waals surface area contributed by atoms with Gasteiger partial charge in [-0.15, -0.1) is 0 Å². The Bertz CT molecular complexity index is 1250. The minimum Gasteiger partial charge on any atom is -0.497 e. The number of nitrogens with one attached hydrogen (secondary N) is 1. The van der Waals surface area contributed by atoms with Gasteiger partial charge >= 0.3 is 6.03 Å². The molecule has 0 radical (unpaired) electrons.